The molecular weight excluding hydrogens is 290 g/mol. The summed E-state index contributed by atoms with van der Waals surface area (Å²) in [7, 11) is 0. The summed E-state index contributed by atoms with van der Waals surface area (Å²) in [5, 5.41) is 2.78. The topological polar surface area (TPSA) is 77.2 Å². The highest BCUT2D eigenvalue weighted by Gasteiger charge is 2.03. The number of pyridine rings is 1. The largest absolute Gasteiger partial charge is 0.491 e. The van der Waals surface area contributed by atoms with E-state index < -0.39 is 0 Å². The van der Waals surface area contributed by atoms with E-state index in [0.717, 1.165) is 11.3 Å². The molecule has 0 spiro atoms. The molecule has 0 bridgehead atoms. The summed E-state index contributed by atoms with van der Waals surface area (Å²) < 4.78 is 5.63. The van der Waals surface area contributed by atoms with E-state index >= 15 is 0 Å². The zero-order chi connectivity index (χ0) is 16.8. The SMILES string of the molecule is Cc1nc(N)ccc1NC(=O)/C=C/c1cccc(OC(C)C)c1. The number of hydrogen-bond acceptors (Lipinski definition) is 4. The monoisotopic (exact) mass is 311 g/mol. The third-order valence-electron chi connectivity index (χ3n) is 3.02. The Morgan fingerprint density at radius 2 is 2.09 bits per heavy atom. The van der Waals surface area contributed by atoms with Gasteiger partial charge in [-0.15, -0.1) is 0 Å². The highest BCUT2D eigenvalue weighted by molar-refractivity contribution is 6.02. The first kappa shape index (κ1) is 16.5. The highest BCUT2D eigenvalue weighted by atomic mass is 16.5. The number of nitrogens with zero attached hydrogens (tertiary/aromatic N) is 1. The van der Waals surface area contributed by atoms with Crippen molar-refractivity contribution in [1.29, 1.82) is 0 Å². The Morgan fingerprint density at radius 3 is 2.78 bits per heavy atom. The van der Waals surface area contributed by atoms with Gasteiger partial charge in [0, 0.05) is 6.08 Å². The summed E-state index contributed by atoms with van der Waals surface area (Å²) in [5.41, 5.74) is 7.81. The summed E-state index contributed by atoms with van der Waals surface area (Å²) in [4.78, 5) is 16.1. The second-order valence-electron chi connectivity index (χ2n) is 5.43. The zero-order valence-corrected chi connectivity index (χ0v) is 13.5. The summed E-state index contributed by atoms with van der Waals surface area (Å²) in [6.45, 7) is 5.74. The zero-order valence-electron chi connectivity index (χ0n) is 13.5. The number of amides is 1. The molecule has 2 aromatic rings. The van der Waals surface area contributed by atoms with E-state index in [9.17, 15) is 4.79 Å². The quantitative estimate of drug-likeness (QED) is 0.830. The minimum atomic E-state index is -0.227. The van der Waals surface area contributed by atoms with E-state index in [4.69, 9.17) is 10.5 Å². The van der Waals surface area contributed by atoms with Crippen LogP contribution in [0.15, 0.2) is 42.5 Å². The van der Waals surface area contributed by atoms with Crippen LogP contribution in [0.5, 0.6) is 5.75 Å². The van der Waals surface area contributed by atoms with Gasteiger partial charge in [-0.2, -0.15) is 0 Å². The van der Waals surface area contributed by atoms with Crippen LogP contribution in [-0.4, -0.2) is 17.0 Å². The molecule has 0 aliphatic rings. The number of nitrogens with one attached hydrogen (secondary N) is 1. The fourth-order valence-corrected chi connectivity index (χ4v) is 2.02. The van der Waals surface area contributed by atoms with E-state index in [1.807, 2.05) is 38.1 Å². The number of benzene rings is 1. The number of anilines is 2. The molecule has 0 saturated heterocycles. The number of carbonyl (C=O) groups is 1. The molecule has 2 rings (SSSR count). The Labute approximate surface area is 136 Å². The predicted molar refractivity (Wildman–Crippen MR) is 93.3 cm³/mol. The average Bonchev–Trinajstić information content (AvgIpc) is 2.48. The first-order valence-corrected chi connectivity index (χ1v) is 7.43. The fourth-order valence-electron chi connectivity index (χ4n) is 2.02. The molecule has 1 amide bonds. The van der Waals surface area contributed by atoms with Gasteiger partial charge in [0.2, 0.25) is 5.91 Å². The smallest absolute Gasteiger partial charge is 0.248 e. The molecule has 23 heavy (non-hydrogen) atoms. The number of hydrogen-bond donors (Lipinski definition) is 2. The molecule has 120 valence electrons. The molecule has 0 fully saturated rings. The van der Waals surface area contributed by atoms with Gasteiger partial charge in [-0.25, -0.2) is 4.98 Å². The number of aromatic nitrogens is 1. The number of carbonyl (C=O) groups excluding carboxylic acids is 1. The molecule has 1 heterocycles. The summed E-state index contributed by atoms with van der Waals surface area (Å²) >= 11 is 0. The van der Waals surface area contributed by atoms with E-state index in [1.165, 1.54) is 6.08 Å². The van der Waals surface area contributed by atoms with Gasteiger partial charge < -0.3 is 15.8 Å². The van der Waals surface area contributed by atoms with Crippen LogP contribution in [0.2, 0.25) is 0 Å². The van der Waals surface area contributed by atoms with E-state index in [2.05, 4.69) is 10.3 Å². The van der Waals surface area contributed by atoms with E-state index in [-0.39, 0.29) is 12.0 Å². The van der Waals surface area contributed by atoms with E-state index in [1.54, 1.807) is 25.1 Å². The molecule has 0 radical (unpaired) electrons. The van der Waals surface area contributed by atoms with Crippen molar-refractivity contribution in [2.75, 3.05) is 11.1 Å². The second-order valence-corrected chi connectivity index (χ2v) is 5.43. The highest BCUT2D eigenvalue weighted by Crippen LogP contribution is 2.17. The molecule has 3 N–H and O–H groups in total. The standard InChI is InChI=1S/C18H21N3O2/c1-12(2)23-15-6-4-5-14(11-15)7-10-18(22)21-16-8-9-17(19)20-13(16)3/h4-12H,1-3H3,(H2,19,20)(H,21,22)/b10-7+. The van der Waals surface area contributed by atoms with Crippen LogP contribution in [-0.2, 0) is 4.79 Å². The van der Waals surface area contributed by atoms with Gasteiger partial charge in [0.25, 0.3) is 0 Å². The number of nitrogen functional groups attached to an aromatic ring is 1. The van der Waals surface area contributed by atoms with Gasteiger partial charge in [-0.05, 0) is 56.7 Å². The molecule has 1 aromatic carbocycles. The molecule has 5 heteroatoms. The van der Waals surface area contributed by atoms with Crippen LogP contribution < -0.4 is 15.8 Å². The summed E-state index contributed by atoms with van der Waals surface area (Å²) in [5.74, 6) is 0.981. The van der Waals surface area contributed by atoms with Crippen LogP contribution >= 0.6 is 0 Å². The third-order valence-corrected chi connectivity index (χ3v) is 3.02. The van der Waals surface area contributed by atoms with Crippen molar-refractivity contribution < 1.29 is 9.53 Å². The maximum Gasteiger partial charge on any atom is 0.248 e. The Hall–Kier alpha value is -2.82. The van der Waals surface area contributed by atoms with Crippen LogP contribution in [0, 0.1) is 6.92 Å². The van der Waals surface area contributed by atoms with E-state index in [0.29, 0.717) is 17.2 Å². The van der Waals surface area contributed by atoms with Gasteiger partial charge in [0.1, 0.15) is 11.6 Å². The van der Waals surface area contributed by atoms with Gasteiger partial charge in [0.05, 0.1) is 17.5 Å². The van der Waals surface area contributed by atoms with Crippen molar-refractivity contribution in [2.45, 2.75) is 26.9 Å². The molecule has 0 aliphatic heterocycles. The normalized spacial score (nSPS) is 11.0. The Balaban J connectivity index is 2.03. The van der Waals surface area contributed by atoms with Crippen LogP contribution in [0.3, 0.4) is 0 Å². The lowest BCUT2D eigenvalue weighted by molar-refractivity contribution is -0.111. The van der Waals surface area contributed by atoms with Gasteiger partial charge in [-0.3, -0.25) is 4.79 Å². The molecule has 0 unspecified atom stereocenters. The second kappa shape index (κ2) is 7.45. The number of nitrogens with two attached hydrogens (primary N) is 1. The lowest BCUT2D eigenvalue weighted by Gasteiger charge is -2.09. The Kier molecular flexibility index (Phi) is 5.36. The third kappa shape index (κ3) is 5.14. The maximum atomic E-state index is 12.0. The van der Waals surface area contributed by atoms with Crippen LogP contribution in [0.25, 0.3) is 6.08 Å². The van der Waals surface area contributed by atoms with Gasteiger partial charge in [0.15, 0.2) is 0 Å². The van der Waals surface area contributed by atoms with Crippen molar-refractivity contribution in [2.24, 2.45) is 0 Å². The molecule has 5 nitrogen and oxygen atoms in total. The van der Waals surface area contributed by atoms with Crippen molar-refractivity contribution in [3.8, 4) is 5.75 Å². The van der Waals surface area contributed by atoms with Gasteiger partial charge in [-0.1, -0.05) is 12.1 Å². The average molecular weight is 311 g/mol. The minimum Gasteiger partial charge on any atom is -0.491 e. The maximum absolute atomic E-state index is 12.0. The lowest BCUT2D eigenvalue weighted by atomic mass is 10.2. The minimum absolute atomic E-state index is 0.110. The summed E-state index contributed by atoms with van der Waals surface area (Å²) in [6, 6.07) is 11.0. The van der Waals surface area contributed by atoms with Crippen molar-refractivity contribution in [3.05, 3.63) is 53.7 Å². The number of aryl methyl sites for hydroxylation is 1. The predicted octanol–water partition coefficient (Wildman–Crippen LogP) is 3.41. The molecule has 0 saturated carbocycles. The van der Waals surface area contributed by atoms with Crippen molar-refractivity contribution in [1.82, 2.24) is 4.98 Å². The van der Waals surface area contributed by atoms with Gasteiger partial charge >= 0.3 is 0 Å². The van der Waals surface area contributed by atoms with Crippen LogP contribution in [0.1, 0.15) is 25.1 Å². The molecule has 1 aromatic heterocycles. The lowest BCUT2D eigenvalue weighted by Crippen LogP contribution is -2.10. The molecular formula is C18H21N3O2. The van der Waals surface area contributed by atoms with Crippen molar-refractivity contribution >= 4 is 23.5 Å². The Bertz CT molecular complexity index is 724. The molecule has 0 atom stereocenters. The fraction of sp³-hybridized carbons (Fsp3) is 0.222. The number of ether oxygens (including phenoxy) is 1. The molecule has 0 aliphatic carbocycles. The Morgan fingerprint density at radius 1 is 1.30 bits per heavy atom. The number of rotatable bonds is 5. The van der Waals surface area contributed by atoms with Crippen LogP contribution in [0.4, 0.5) is 11.5 Å². The van der Waals surface area contributed by atoms with Crippen molar-refractivity contribution in [3.63, 3.8) is 0 Å². The summed E-state index contributed by atoms with van der Waals surface area (Å²) in [6.07, 6.45) is 3.32. The first-order valence-electron chi connectivity index (χ1n) is 7.43. The first-order chi connectivity index (χ1) is 10.9.